The van der Waals surface area contributed by atoms with Gasteiger partial charge >= 0.3 is 0 Å². The first-order valence-corrected chi connectivity index (χ1v) is 8.85. The molecule has 0 bridgehead atoms. The number of carbonyl (C=O) groups is 1. The summed E-state index contributed by atoms with van der Waals surface area (Å²) in [5.74, 6) is 0.607. The second-order valence-electron chi connectivity index (χ2n) is 5.71. The van der Waals surface area contributed by atoms with E-state index in [4.69, 9.17) is 0 Å². The zero-order valence-corrected chi connectivity index (χ0v) is 14.4. The van der Waals surface area contributed by atoms with E-state index in [9.17, 15) is 4.79 Å². The van der Waals surface area contributed by atoms with Crippen LogP contribution in [-0.4, -0.2) is 20.5 Å². The molecule has 1 N–H and O–H groups in total. The van der Waals surface area contributed by atoms with Gasteiger partial charge in [0.2, 0.25) is 0 Å². The van der Waals surface area contributed by atoms with Crippen molar-refractivity contribution >= 4 is 22.9 Å². The van der Waals surface area contributed by atoms with Crippen LogP contribution in [0.3, 0.4) is 0 Å². The van der Waals surface area contributed by atoms with E-state index in [1.54, 1.807) is 0 Å². The van der Waals surface area contributed by atoms with Crippen molar-refractivity contribution in [3.05, 3.63) is 76.9 Å². The van der Waals surface area contributed by atoms with Gasteiger partial charge in [0.25, 0.3) is 5.91 Å². The van der Waals surface area contributed by atoms with Crippen LogP contribution in [0.15, 0.2) is 66.2 Å². The molecule has 3 heterocycles. The lowest BCUT2D eigenvalue weighted by Gasteiger charge is -2.12. The van der Waals surface area contributed by atoms with Gasteiger partial charge < -0.3 is 5.32 Å². The molecular weight excluding hydrogens is 332 g/mol. The Bertz CT molecular complexity index is 1020. The summed E-state index contributed by atoms with van der Waals surface area (Å²) in [6.07, 6.45) is 1.90. The summed E-state index contributed by atoms with van der Waals surface area (Å²) in [4.78, 5) is 13.5. The highest BCUT2D eigenvalue weighted by Gasteiger charge is 2.20. The quantitative estimate of drug-likeness (QED) is 0.607. The summed E-state index contributed by atoms with van der Waals surface area (Å²) in [7, 11) is 0. The average molecular weight is 348 g/mol. The summed E-state index contributed by atoms with van der Waals surface area (Å²) in [5.41, 5.74) is 2.75. The standard InChI is InChI=1S/C19H16N4OS/c1-13(18-22-21-16-9-5-6-11-23(16)18)20-19(24)17-15(10-12-25-17)14-7-3-2-4-8-14/h2-13H,1H3,(H,20,24). The topological polar surface area (TPSA) is 59.3 Å². The van der Waals surface area contributed by atoms with Crippen LogP contribution in [0.2, 0.25) is 0 Å². The predicted molar refractivity (Wildman–Crippen MR) is 98.6 cm³/mol. The SMILES string of the molecule is CC(NC(=O)c1sccc1-c1ccccc1)c1nnc2ccccn12. The number of pyridine rings is 1. The van der Waals surface area contributed by atoms with Crippen LogP contribution in [0.25, 0.3) is 16.8 Å². The number of hydrogen-bond donors (Lipinski definition) is 1. The predicted octanol–water partition coefficient (Wildman–Crippen LogP) is 3.95. The van der Waals surface area contributed by atoms with Crippen molar-refractivity contribution in [2.45, 2.75) is 13.0 Å². The third-order valence-corrected chi connectivity index (χ3v) is 4.94. The highest BCUT2D eigenvalue weighted by molar-refractivity contribution is 7.12. The molecule has 0 spiro atoms. The molecule has 4 rings (SSSR count). The summed E-state index contributed by atoms with van der Waals surface area (Å²) >= 11 is 1.44. The van der Waals surface area contributed by atoms with Crippen molar-refractivity contribution in [1.82, 2.24) is 19.9 Å². The monoisotopic (exact) mass is 348 g/mol. The average Bonchev–Trinajstić information content (AvgIpc) is 3.29. The van der Waals surface area contributed by atoms with Crippen LogP contribution in [0.4, 0.5) is 0 Å². The maximum atomic E-state index is 12.8. The molecule has 0 saturated carbocycles. The van der Waals surface area contributed by atoms with Gasteiger partial charge in [-0.3, -0.25) is 9.20 Å². The summed E-state index contributed by atoms with van der Waals surface area (Å²) in [5, 5.41) is 13.3. The van der Waals surface area contributed by atoms with Gasteiger partial charge in [0.15, 0.2) is 11.5 Å². The van der Waals surface area contributed by atoms with Gasteiger partial charge in [0, 0.05) is 11.8 Å². The molecule has 0 saturated heterocycles. The Labute approximate surface area is 149 Å². The van der Waals surface area contributed by atoms with E-state index in [2.05, 4.69) is 15.5 Å². The molecule has 1 amide bonds. The molecule has 3 aromatic heterocycles. The third kappa shape index (κ3) is 2.92. The number of nitrogens with zero attached hydrogens (tertiary/aromatic N) is 3. The molecular formula is C19H16N4OS. The van der Waals surface area contributed by atoms with Crippen LogP contribution >= 0.6 is 11.3 Å². The van der Waals surface area contributed by atoms with Gasteiger partial charge in [-0.05, 0) is 36.1 Å². The molecule has 0 radical (unpaired) electrons. The molecule has 1 atom stereocenters. The zero-order valence-electron chi connectivity index (χ0n) is 13.6. The van der Waals surface area contributed by atoms with E-state index in [0.29, 0.717) is 10.7 Å². The normalized spacial score (nSPS) is 12.2. The fraction of sp³-hybridized carbons (Fsp3) is 0.105. The minimum Gasteiger partial charge on any atom is -0.342 e. The van der Waals surface area contributed by atoms with E-state index in [1.165, 1.54) is 11.3 Å². The first-order valence-electron chi connectivity index (χ1n) is 7.97. The Kier molecular flexibility index (Phi) is 4.03. The van der Waals surface area contributed by atoms with Crippen molar-refractivity contribution in [2.75, 3.05) is 0 Å². The van der Waals surface area contributed by atoms with Crippen molar-refractivity contribution in [3.8, 4) is 11.1 Å². The number of benzene rings is 1. The van der Waals surface area contributed by atoms with Gasteiger partial charge in [-0.25, -0.2) is 0 Å². The second kappa shape index (κ2) is 6.49. The minimum atomic E-state index is -0.254. The third-order valence-electron chi connectivity index (χ3n) is 4.03. The van der Waals surface area contributed by atoms with Crippen molar-refractivity contribution < 1.29 is 4.79 Å². The lowest BCUT2D eigenvalue weighted by atomic mass is 10.1. The number of aromatic nitrogens is 3. The number of fused-ring (bicyclic) bond motifs is 1. The molecule has 1 aromatic carbocycles. The first-order chi connectivity index (χ1) is 12.2. The summed E-state index contributed by atoms with van der Waals surface area (Å²) in [6, 6.07) is 17.4. The lowest BCUT2D eigenvalue weighted by Crippen LogP contribution is -2.27. The molecule has 0 aliphatic carbocycles. The molecule has 5 nitrogen and oxygen atoms in total. The van der Waals surface area contributed by atoms with E-state index < -0.39 is 0 Å². The van der Waals surface area contributed by atoms with Gasteiger partial charge in [-0.1, -0.05) is 36.4 Å². The molecule has 0 aliphatic rings. The second-order valence-corrected chi connectivity index (χ2v) is 6.63. The smallest absolute Gasteiger partial charge is 0.262 e. The lowest BCUT2D eigenvalue weighted by molar-refractivity contribution is 0.0943. The number of nitrogens with one attached hydrogen (secondary N) is 1. The van der Waals surface area contributed by atoms with Crippen LogP contribution in [0, 0.1) is 0 Å². The Balaban J connectivity index is 1.60. The fourth-order valence-electron chi connectivity index (χ4n) is 2.81. The number of amides is 1. The summed E-state index contributed by atoms with van der Waals surface area (Å²) in [6.45, 7) is 1.91. The molecule has 6 heteroatoms. The highest BCUT2D eigenvalue weighted by Crippen LogP contribution is 2.28. The zero-order chi connectivity index (χ0) is 17.2. The van der Waals surface area contributed by atoms with Gasteiger partial charge in [0.05, 0.1) is 10.9 Å². The van der Waals surface area contributed by atoms with Gasteiger partial charge in [-0.2, -0.15) is 0 Å². The van der Waals surface area contributed by atoms with Crippen LogP contribution < -0.4 is 5.32 Å². The van der Waals surface area contributed by atoms with Gasteiger partial charge in [0.1, 0.15) is 0 Å². The Morgan fingerprint density at radius 2 is 1.88 bits per heavy atom. The maximum absolute atomic E-state index is 12.8. The van der Waals surface area contributed by atoms with Crippen LogP contribution in [-0.2, 0) is 0 Å². The number of rotatable bonds is 4. The first kappa shape index (κ1) is 15.5. The molecule has 4 aromatic rings. The van der Waals surface area contributed by atoms with Crippen molar-refractivity contribution in [1.29, 1.82) is 0 Å². The molecule has 0 aliphatic heterocycles. The number of thiophene rings is 1. The van der Waals surface area contributed by atoms with Crippen molar-refractivity contribution in [3.63, 3.8) is 0 Å². The van der Waals surface area contributed by atoms with Crippen LogP contribution in [0.1, 0.15) is 28.5 Å². The summed E-state index contributed by atoms with van der Waals surface area (Å²) < 4.78 is 1.89. The van der Waals surface area contributed by atoms with E-state index in [1.807, 2.05) is 77.5 Å². The fourth-order valence-corrected chi connectivity index (χ4v) is 3.63. The molecule has 25 heavy (non-hydrogen) atoms. The van der Waals surface area contributed by atoms with E-state index in [0.717, 1.165) is 16.8 Å². The van der Waals surface area contributed by atoms with E-state index >= 15 is 0 Å². The minimum absolute atomic E-state index is 0.103. The maximum Gasteiger partial charge on any atom is 0.262 e. The largest absolute Gasteiger partial charge is 0.342 e. The highest BCUT2D eigenvalue weighted by atomic mass is 32.1. The molecule has 0 fully saturated rings. The van der Waals surface area contributed by atoms with E-state index in [-0.39, 0.29) is 11.9 Å². The Morgan fingerprint density at radius 3 is 2.72 bits per heavy atom. The Hall–Kier alpha value is -2.99. The van der Waals surface area contributed by atoms with Crippen molar-refractivity contribution in [2.24, 2.45) is 0 Å². The van der Waals surface area contributed by atoms with Gasteiger partial charge in [-0.15, -0.1) is 21.5 Å². The van der Waals surface area contributed by atoms with Crippen LogP contribution in [0.5, 0.6) is 0 Å². The Morgan fingerprint density at radius 1 is 1.08 bits per heavy atom. The molecule has 124 valence electrons. The molecule has 1 unspecified atom stereocenters. The number of carbonyl (C=O) groups excluding carboxylic acids is 1. The number of hydrogen-bond acceptors (Lipinski definition) is 4.